The van der Waals surface area contributed by atoms with Crippen molar-refractivity contribution in [2.45, 2.75) is 46.1 Å². The Bertz CT molecular complexity index is 217. The van der Waals surface area contributed by atoms with E-state index >= 15 is 0 Å². The maximum Gasteiger partial charge on any atom is 0.309 e. The zero-order chi connectivity index (χ0) is 10.9. The molecule has 0 heterocycles. The van der Waals surface area contributed by atoms with Gasteiger partial charge in [-0.05, 0) is 30.6 Å². The van der Waals surface area contributed by atoms with Crippen molar-refractivity contribution >= 4 is 5.97 Å². The van der Waals surface area contributed by atoms with Crippen molar-refractivity contribution in [2.75, 3.05) is 0 Å². The fourth-order valence-corrected chi connectivity index (χ4v) is 2.22. The van der Waals surface area contributed by atoms with Crippen LogP contribution < -0.4 is 0 Å². The zero-order valence-electron chi connectivity index (χ0n) is 9.16. The normalized spacial score (nSPS) is 34.1. The van der Waals surface area contributed by atoms with Crippen LogP contribution in [0.1, 0.15) is 40.0 Å². The topological polar surface area (TPSA) is 57.5 Å². The average Bonchev–Trinajstić information content (AvgIpc) is 2.01. The number of hydrogen-bond acceptors (Lipinski definition) is 2. The molecule has 0 aromatic carbocycles. The van der Waals surface area contributed by atoms with Gasteiger partial charge in [0.15, 0.2) is 0 Å². The Morgan fingerprint density at radius 2 is 1.86 bits per heavy atom. The first-order valence-electron chi connectivity index (χ1n) is 5.23. The smallest absolute Gasteiger partial charge is 0.309 e. The van der Waals surface area contributed by atoms with E-state index in [0.29, 0.717) is 18.8 Å². The number of hydrogen-bond donors (Lipinski definition) is 2. The van der Waals surface area contributed by atoms with Crippen LogP contribution in [0.15, 0.2) is 0 Å². The lowest BCUT2D eigenvalue weighted by Gasteiger charge is -2.38. The zero-order valence-corrected chi connectivity index (χ0v) is 9.16. The van der Waals surface area contributed by atoms with Gasteiger partial charge in [-0.1, -0.05) is 20.8 Å². The number of rotatable bonds is 1. The summed E-state index contributed by atoms with van der Waals surface area (Å²) in [5.41, 5.74) is 0.171. The van der Waals surface area contributed by atoms with E-state index in [0.717, 1.165) is 6.42 Å². The van der Waals surface area contributed by atoms with E-state index in [9.17, 15) is 9.90 Å². The molecule has 0 bridgehead atoms. The van der Waals surface area contributed by atoms with E-state index in [1.807, 2.05) is 0 Å². The highest BCUT2D eigenvalue weighted by Gasteiger charge is 2.37. The lowest BCUT2D eigenvalue weighted by Crippen LogP contribution is -2.38. The lowest BCUT2D eigenvalue weighted by molar-refractivity contribution is -0.149. The molecule has 1 saturated carbocycles. The Morgan fingerprint density at radius 3 is 2.21 bits per heavy atom. The van der Waals surface area contributed by atoms with Gasteiger partial charge in [0.1, 0.15) is 0 Å². The molecule has 0 radical (unpaired) electrons. The minimum absolute atomic E-state index is 0.171. The van der Waals surface area contributed by atoms with Crippen LogP contribution in [0.5, 0.6) is 0 Å². The first-order valence-corrected chi connectivity index (χ1v) is 5.23. The van der Waals surface area contributed by atoms with E-state index < -0.39 is 18.0 Å². The van der Waals surface area contributed by atoms with Gasteiger partial charge < -0.3 is 10.2 Å². The summed E-state index contributed by atoms with van der Waals surface area (Å²) in [5.74, 6) is -0.966. The van der Waals surface area contributed by atoms with Crippen LogP contribution in [0.4, 0.5) is 0 Å². The van der Waals surface area contributed by atoms with E-state index in [-0.39, 0.29) is 5.41 Å². The highest BCUT2D eigenvalue weighted by atomic mass is 16.4. The lowest BCUT2D eigenvalue weighted by atomic mass is 9.69. The monoisotopic (exact) mass is 200 g/mol. The van der Waals surface area contributed by atoms with Gasteiger partial charge in [-0.3, -0.25) is 4.79 Å². The molecule has 0 aliphatic heterocycles. The summed E-state index contributed by atoms with van der Waals surface area (Å²) in [7, 11) is 0. The third-order valence-electron chi connectivity index (χ3n) is 3.36. The van der Waals surface area contributed by atoms with Crippen LogP contribution in [-0.2, 0) is 4.79 Å². The second-order valence-corrected chi connectivity index (χ2v) is 5.39. The first kappa shape index (κ1) is 11.5. The number of aliphatic hydroxyl groups excluding tert-OH is 1. The molecule has 1 fully saturated rings. The molecule has 3 heteroatoms. The van der Waals surface area contributed by atoms with Gasteiger partial charge in [0.25, 0.3) is 0 Å². The molecule has 2 N–H and O–H groups in total. The molecular formula is C11H20O3. The van der Waals surface area contributed by atoms with Crippen molar-refractivity contribution in [2.24, 2.45) is 17.3 Å². The van der Waals surface area contributed by atoms with Gasteiger partial charge in [0.2, 0.25) is 0 Å². The van der Waals surface area contributed by atoms with Gasteiger partial charge in [0.05, 0.1) is 12.0 Å². The van der Waals surface area contributed by atoms with Gasteiger partial charge in [-0.15, -0.1) is 0 Å². The minimum Gasteiger partial charge on any atom is -0.481 e. The SMILES string of the molecule is CC(C)(C)C1CCC(C(=O)O)C(O)C1. The van der Waals surface area contributed by atoms with E-state index in [1.54, 1.807) is 0 Å². The molecule has 0 amide bonds. The van der Waals surface area contributed by atoms with Crippen molar-refractivity contribution < 1.29 is 15.0 Å². The van der Waals surface area contributed by atoms with E-state index in [2.05, 4.69) is 20.8 Å². The van der Waals surface area contributed by atoms with Crippen molar-refractivity contribution in [3.05, 3.63) is 0 Å². The molecule has 0 aromatic rings. The molecule has 1 aliphatic rings. The molecule has 3 nitrogen and oxygen atoms in total. The molecule has 0 aromatic heterocycles. The number of carboxylic acid groups (broad SMARTS) is 1. The van der Waals surface area contributed by atoms with Gasteiger partial charge in [-0.2, -0.15) is 0 Å². The summed E-state index contributed by atoms with van der Waals surface area (Å²) in [6.45, 7) is 6.43. The Morgan fingerprint density at radius 1 is 1.29 bits per heavy atom. The molecule has 3 atom stereocenters. The summed E-state index contributed by atoms with van der Waals surface area (Å²) >= 11 is 0. The summed E-state index contributed by atoms with van der Waals surface area (Å²) in [4.78, 5) is 10.8. The second kappa shape index (κ2) is 3.89. The van der Waals surface area contributed by atoms with Crippen molar-refractivity contribution in [1.29, 1.82) is 0 Å². The maximum atomic E-state index is 10.8. The summed E-state index contributed by atoms with van der Waals surface area (Å²) in [6.07, 6.45) is 1.49. The molecule has 14 heavy (non-hydrogen) atoms. The van der Waals surface area contributed by atoms with Crippen LogP contribution in [0, 0.1) is 17.3 Å². The van der Waals surface area contributed by atoms with Gasteiger partial charge in [0, 0.05) is 0 Å². The fraction of sp³-hybridized carbons (Fsp3) is 0.909. The quantitative estimate of drug-likeness (QED) is 0.679. The van der Waals surface area contributed by atoms with Crippen LogP contribution in [-0.4, -0.2) is 22.3 Å². The van der Waals surface area contributed by atoms with Gasteiger partial charge >= 0.3 is 5.97 Å². The molecule has 1 aliphatic carbocycles. The molecule has 1 rings (SSSR count). The standard InChI is InChI=1S/C11H20O3/c1-11(2,3)7-4-5-8(10(13)14)9(12)6-7/h7-9,12H,4-6H2,1-3H3,(H,13,14). The third kappa shape index (κ3) is 2.47. The molecular weight excluding hydrogens is 180 g/mol. The highest BCUT2D eigenvalue weighted by Crippen LogP contribution is 2.39. The van der Waals surface area contributed by atoms with Crippen LogP contribution in [0.2, 0.25) is 0 Å². The van der Waals surface area contributed by atoms with Crippen LogP contribution in [0.3, 0.4) is 0 Å². The van der Waals surface area contributed by atoms with Gasteiger partial charge in [-0.25, -0.2) is 0 Å². The Labute approximate surface area is 85.1 Å². The number of aliphatic hydroxyl groups is 1. The first-order chi connectivity index (χ1) is 6.32. The van der Waals surface area contributed by atoms with E-state index in [1.165, 1.54) is 0 Å². The third-order valence-corrected chi connectivity index (χ3v) is 3.36. The molecule has 82 valence electrons. The Hall–Kier alpha value is -0.570. The summed E-state index contributed by atoms with van der Waals surface area (Å²) in [5, 5.41) is 18.5. The summed E-state index contributed by atoms with van der Waals surface area (Å²) in [6, 6.07) is 0. The Kier molecular flexibility index (Phi) is 3.20. The van der Waals surface area contributed by atoms with Crippen LogP contribution in [0.25, 0.3) is 0 Å². The molecule has 0 spiro atoms. The Balaban J connectivity index is 2.60. The molecule has 3 unspecified atom stereocenters. The maximum absolute atomic E-state index is 10.8. The minimum atomic E-state index is -0.857. The largest absolute Gasteiger partial charge is 0.481 e. The van der Waals surface area contributed by atoms with E-state index in [4.69, 9.17) is 5.11 Å². The number of aliphatic carboxylic acids is 1. The van der Waals surface area contributed by atoms with Crippen molar-refractivity contribution in [1.82, 2.24) is 0 Å². The average molecular weight is 200 g/mol. The highest BCUT2D eigenvalue weighted by molar-refractivity contribution is 5.70. The predicted molar refractivity (Wildman–Crippen MR) is 53.9 cm³/mol. The van der Waals surface area contributed by atoms with Crippen molar-refractivity contribution in [3.63, 3.8) is 0 Å². The number of carbonyl (C=O) groups is 1. The fourth-order valence-electron chi connectivity index (χ4n) is 2.22. The van der Waals surface area contributed by atoms with Crippen LogP contribution >= 0.6 is 0 Å². The molecule has 0 saturated heterocycles. The number of carboxylic acids is 1. The second-order valence-electron chi connectivity index (χ2n) is 5.39. The summed E-state index contributed by atoms with van der Waals surface area (Å²) < 4.78 is 0. The predicted octanol–water partition coefficient (Wildman–Crippen LogP) is 1.89. The van der Waals surface area contributed by atoms with Crippen molar-refractivity contribution in [3.8, 4) is 0 Å².